The second-order valence-corrected chi connectivity index (χ2v) is 7.59. The largest absolute Gasteiger partial charge is 0.305 e. The maximum atomic E-state index is 12.6. The highest BCUT2D eigenvalue weighted by Crippen LogP contribution is 2.21. The first-order valence-corrected chi connectivity index (χ1v) is 9.36. The van der Waals surface area contributed by atoms with Crippen LogP contribution in [0, 0.1) is 6.92 Å². The molecule has 3 aromatic rings. The number of benzene rings is 1. The van der Waals surface area contributed by atoms with Crippen LogP contribution >= 0.6 is 22.9 Å². The minimum absolute atomic E-state index is 0.240. The summed E-state index contributed by atoms with van der Waals surface area (Å²) in [5, 5.41) is 10.6. The predicted octanol–water partition coefficient (Wildman–Crippen LogP) is 3.66. The van der Waals surface area contributed by atoms with Gasteiger partial charge >= 0.3 is 0 Å². The number of rotatable bonds is 6. The summed E-state index contributed by atoms with van der Waals surface area (Å²) in [6.45, 7) is 3.09. The molecule has 0 aliphatic rings. The Morgan fingerprint density at radius 3 is 2.85 bits per heavy atom. The van der Waals surface area contributed by atoms with Crippen LogP contribution in [-0.2, 0) is 13.1 Å². The third-order valence-corrected chi connectivity index (χ3v) is 4.97. The van der Waals surface area contributed by atoms with Crippen molar-refractivity contribution < 1.29 is 4.79 Å². The zero-order chi connectivity index (χ0) is 18.7. The number of nitrogens with zero attached hydrogens (tertiary/aromatic N) is 4. The Morgan fingerprint density at radius 1 is 1.35 bits per heavy atom. The molecule has 0 aliphatic carbocycles. The molecule has 0 bridgehead atoms. The van der Waals surface area contributed by atoms with Crippen molar-refractivity contribution in [3.05, 3.63) is 62.7 Å². The van der Waals surface area contributed by atoms with E-state index >= 15 is 0 Å². The fourth-order valence-electron chi connectivity index (χ4n) is 2.48. The Kier molecular flexibility index (Phi) is 5.70. The summed E-state index contributed by atoms with van der Waals surface area (Å²) >= 11 is 7.72. The van der Waals surface area contributed by atoms with Gasteiger partial charge in [0.05, 0.1) is 12.7 Å². The van der Waals surface area contributed by atoms with Crippen molar-refractivity contribution in [3.63, 3.8) is 0 Å². The van der Waals surface area contributed by atoms with Gasteiger partial charge in [-0.1, -0.05) is 29.8 Å². The molecule has 1 amide bonds. The summed E-state index contributed by atoms with van der Waals surface area (Å²) in [5.74, 6) is 0.410. The van der Waals surface area contributed by atoms with E-state index in [9.17, 15) is 4.79 Å². The van der Waals surface area contributed by atoms with E-state index in [1.54, 1.807) is 16.3 Å². The molecule has 26 heavy (non-hydrogen) atoms. The van der Waals surface area contributed by atoms with Crippen LogP contribution in [0.4, 0.5) is 5.82 Å². The molecule has 2 heterocycles. The van der Waals surface area contributed by atoms with Crippen molar-refractivity contribution in [1.82, 2.24) is 19.7 Å². The van der Waals surface area contributed by atoms with E-state index in [1.165, 1.54) is 11.3 Å². The third-order valence-electron chi connectivity index (χ3n) is 3.77. The van der Waals surface area contributed by atoms with E-state index in [1.807, 2.05) is 50.2 Å². The highest BCUT2D eigenvalue weighted by atomic mass is 35.5. The van der Waals surface area contributed by atoms with E-state index in [2.05, 4.69) is 15.4 Å². The maximum absolute atomic E-state index is 12.6. The first-order chi connectivity index (χ1) is 12.4. The van der Waals surface area contributed by atoms with Crippen LogP contribution in [0.3, 0.4) is 0 Å². The van der Waals surface area contributed by atoms with Crippen molar-refractivity contribution in [3.8, 4) is 0 Å². The third kappa shape index (κ3) is 4.30. The van der Waals surface area contributed by atoms with Crippen LogP contribution in [0.1, 0.15) is 26.6 Å². The fourth-order valence-corrected chi connectivity index (χ4v) is 3.57. The number of aryl methyl sites for hydroxylation is 1. The monoisotopic (exact) mass is 389 g/mol. The molecule has 0 saturated carbocycles. The number of hydrogen-bond acceptors (Lipinski definition) is 5. The zero-order valence-electron chi connectivity index (χ0n) is 14.9. The fraction of sp³-hybridized carbons (Fsp3) is 0.278. The molecule has 0 radical (unpaired) electrons. The van der Waals surface area contributed by atoms with Crippen LogP contribution in [-0.4, -0.2) is 39.7 Å². The lowest BCUT2D eigenvalue weighted by atomic mass is 10.2. The number of carbonyl (C=O) groups excluding carboxylic acids is 1. The van der Waals surface area contributed by atoms with E-state index in [0.29, 0.717) is 29.6 Å². The lowest BCUT2D eigenvalue weighted by Gasteiger charge is -2.10. The quantitative estimate of drug-likeness (QED) is 0.698. The van der Waals surface area contributed by atoms with Gasteiger partial charge in [-0.3, -0.25) is 4.79 Å². The topological polar surface area (TPSA) is 63.1 Å². The van der Waals surface area contributed by atoms with Crippen LogP contribution in [0.2, 0.25) is 5.02 Å². The van der Waals surface area contributed by atoms with E-state index in [4.69, 9.17) is 11.6 Å². The highest BCUT2D eigenvalue weighted by molar-refractivity contribution is 7.09. The molecular weight excluding hydrogens is 370 g/mol. The Hall–Kier alpha value is -2.22. The molecule has 0 unspecified atom stereocenters. The molecule has 0 saturated heterocycles. The Bertz CT molecular complexity index is 918. The summed E-state index contributed by atoms with van der Waals surface area (Å²) in [6, 6.07) is 7.60. The van der Waals surface area contributed by atoms with E-state index < -0.39 is 0 Å². The summed E-state index contributed by atoms with van der Waals surface area (Å²) in [4.78, 5) is 19.0. The van der Waals surface area contributed by atoms with Gasteiger partial charge in [-0.25, -0.2) is 9.67 Å². The second-order valence-electron chi connectivity index (χ2n) is 6.24. The average molecular weight is 390 g/mol. The van der Waals surface area contributed by atoms with Crippen molar-refractivity contribution in [1.29, 1.82) is 0 Å². The van der Waals surface area contributed by atoms with Gasteiger partial charge in [0, 0.05) is 22.5 Å². The van der Waals surface area contributed by atoms with Gasteiger partial charge in [0.25, 0.3) is 5.91 Å². The van der Waals surface area contributed by atoms with Gasteiger partial charge < -0.3 is 10.2 Å². The Morgan fingerprint density at radius 2 is 2.12 bits per heavy atom. The average Bonchev–Trinajstić information content (AvgIpc) is 3.18. The SMILES string of the molecule is Cc1cnn(Cc2ccccc2Cl)c1NC(=O)c1csc(CN(C)C)n1. The van der Waals surface area contributed by atoms with Crippen molar-refractivity contribution in [2.24, 2.45) is 0 Å². The van der Waals surface area contributed by atoms with Crippen molar-refractivity contribution in [2.45, 2.75) is 20.0 Å². The number of aromatic nitrogens is 3. The van der Waals surface area contributed by atoms with Crippen molar-refractivity contribution >= 4 is 34.7 Å². The molecule has 0 fully saturated rings. The molecule has 136 valence electrons. The number of hydrogen-bond donors (Lipinski definition) is 1. The minimum atomic E-state index is -0.240. The Labute approximate surface area is 161 Å². The molecule has 1 N–H and O–H groups in total. The highest BCUT2D eigenvalue weighted by Gasteiger charge is 2.16. The lowest BCUT2D eigenvalue weighted by molar-refractivity contribution is 0.102. The van der Waals surface area contributed by atoms with Crippen molar-refractivity contribution in [2.75, 3.05) is 19.4 Å². The molecule has 6 nitrogen and oxygen atoms in total. The molecule has 0 aliphatic heterocycles. The van der Waals surface area contributed by atoms with Crippen LogP contribution in [0.25, 0.3) is 0 Å². The minimum Gasteiger partial charge on any atom is -0.305 e. The summed E-state index contributed by atoms with van der Waals surface area (Å²) in [7, 11) is 3.94. The molecule has 1 aromatic carbocycles. The molecular formula is C18H20ClN5OS. The van der Waals surface area contributed by atoms with Gasteiger partial charge in [0.1, 0.15) is 16.5 Å². The number of thiazole rings is 1. The molecule has 8 heteroatoms. The smallest absolute Gasteiger partial charge is 0.276 e. The first-order valence-electron chi connectivity index (χ1n) is 8.10. The number of halogens is 1. The first kappa shape index (κ1) is 18.6. The summed E-state index contributed by atoms with van der Waals surface area (Å²) in [5.41, 5.74) is 2.24. The normalized spacial score (nSPS) is 11.1. The molecule has 0 spiro atoms. The standard InChI is InChI=1S/C18H20ClN5OS/c1-12-8-20-24(9-13-6-4-5-7-14(13)19)17(12)22-18(25)15-11-26-16(21-15)10-23(2)3/h4-8,11H,9-10H2,1-3H3,(H,22,25). The predicted molar refractivity (Wildman–Crippen MR) is 105 cm³/mol. The molecule has 0 atom stereocenters. The van der Waals surface area contributed by atoms with Crippen LogP contribution in [0.5, 0.6) is 0 Å². The maximum Gasteiger partial charge on any atom is 0.276 e. The summed E-state index contributed by atoms with van der Waals surface area (Å²) < 4.78 is 1.74. The number of anilines is 1. The van der Waals surface area contributed by atoms with E-state index in [-0.39, 0.29) is 5.91 Å². The summed E-state index contributed by atoms with van der Waals surface area (Å²) in [6.07, 6.45) is 1.73. The number of carbonyl (C=O) groups is 1. The van der Waals surface area contributed by atoms with Gasteiger partial charge in [-0.15, -0.1) is 11.3 Å². The number of amides is 1. The van der Waals surface area contributed by atoms with E-state index in [0.717, 1.165) is 16.1 Å². The lowest BCUT2D eigenvalue weighted by Crippen LogP contribution is -2.18. The van der Waals surface area contributed by atoms with Gasteiger partial charge in [0.2, 0.25) is 0 Å². The molecule has 3 rings (SSSR count). The van der Waals surface area contributed by atoms with Crippen LogP contribution in [0.15, 0.2) is 35.8 Å². The Balaban J connectivity index is 1.77. The van der Waals surface area contributed by atoms with Gasteiger partial charge in [-0.05, 0) is 32.6 Å². The van der Waals surface area contributed by atoms with Crippen LogP contribution < -0.4 is 5.32 Å². The van der Waals surface area contributed by atoms with Gasteiger partial charge in [-0.2, -0.15) is 5.10 Å². The van der Waals surface area contributed by atoms with Gasteiger partial charge in [0.15, 0.2) is 0 Å². The molecule has 2 aromatic heterocycles. The zero-order valence-corrected chi connectivity index (χ0v) is 16.4. The number of nitrogens with one attached hydrogen (secondary N) is 1. The second kappa shape index (κ2) is 7.99.